The van der Waals surface area contributed by atoms with E-state index >= 15 is 0 Å². The number of ether oxygens (including phenoxy) is 1. The Kier molecular flexibility index (Phi) is 8.82. The third-order valence-corrected chi connectivity index (χ3v) is 6.22. The number of carbonyl (C=O) groups is 1. The fourth-order valence-electron chi connectivity index (χ4n) is 2.81. The second-order valence-corrected chi connectivity index (χ2v) is 9.25. The van der Waals surface area contributed by atoms with E-state index in [-0.39, 0.29) is 45.9 Å². The van der Waals surface area contributed by atoms with E-state index in [1.807, 2.05) is 12.1 Å². The minimum Gasteiger partial charge on any atom is -1.00 e. The van der Waals surface area contributed by atoms with Crippen LogP contribution in [0.2, 0.25) is 0 Å². The smallest absolute Gasteiger partial charge is 1.00 e. The third kappa shape index (κ3) is 6.50. The van der Waals surface area contributed by atoms with E-state index in [1.165, 1.54) is 5.56 Å². The molecule has 0 radical (unpaired) electrons. The molecule has 2 aromatic carbocycles. The molecule has 0 spiro atoms. The summed E-state index contributed by atoms with van der Waals surface area (Å²) in [6.45, 7) is 14.9. The van der Waals surface area contributed by atoms with Crippen molar-refractivity contribution in [3.05, 3.63) is 58.7 Å². The molecular weight excluding hydrogens is 346 g/mol. The molecule has 2 rings (SSSR count). The summed E-state index contributed by atoms with van der Waals surface area (Å²) in [5.41, 5.74) is 4.57. The first-order valence-electron chi connectivity index (χ1n) is 9.31. The molecule has 0 saturated carbocycles. The first-order valence-corrected chi connectivity index (χ1v) is 10.3. The first kappa shape index (κ1) is 24.0. The van der Waals surface area contributed by atoms with Crippen molar-refractivity contribution in [1.82, 2.24) is 0 Å². The Morgan fingerprint density at radius 1 is 1.11 bits per heavy atom. The second kappa shape index (κ2) is 9.93. The molecule has 0 aliphatic heterocycles. The van der Waals surface area contributed by atoms with Crippen LogP contribution in [0.3, 0.4) is 0 Å². The quantitative estimate of drug-likeness (QED) is 0.571. The van der Waals surface area contributed by atoms with Gasteiger partial charge >= 0.3 is 18.9 Å². The van der Waals surface area contributed by atoms with Gasteiger partial charge in [-0.2, -0.15) is 0 Å². The van der Waals surface area contributed by atoms with E-state index in [4.69, 9.17) is 4.74 Å². The van der Waals surface area contributed by atoms with Crippen LogP contribution >= 0.6 is 8.58 Å². The summed E-state index contributed by atoms with van der Waals surface area (Å²) in [5, 5.41) is 1.13. The Bertz CT molecular complexity index is 759. The topological polar surface area (TPSA) is 26.3 Å². The second-order valence-electron chi connectivity index (χ2n) is 8.05. The average Bonchev–Trinajstić information content (AvgIpc) is 2.57. The minimum atomic E-state index is 0. The van der Waals surface area contributed by atoms with E-state index in [9.17, 15) is 4.79 Å². The number of rotatable bonds is 6. The van der Waals surface area contributed by atoms with Crippen molar-refractivity contribution in [2.75, 3.05) is 0 Å². The molecule has 142 valence electrons. The van der Waals surface area contributed by atoms with E-state index in [2.05, 4.69) is 72.7 Å². The maximum Gasteiger partial charge on any atom is 1.00 e. The first-order chi connectivity index (χ1) is 12.1. The molecule has 0 aliphatic rings. The van der Waals surface area contributed by atoms with Gasteiger partial charge in [0.2, 0.25) is 0 Å². The van der Waals surface area contributed by atoms with Crippen LogP contribution in [-0.4, -0.2) is 11.6 Å². The van der Waals surface area contributed by atoms with Crippen molar-refractivity contribution in [2.45, 2.75) is 66.4 Å². The van der Waals surface area contributed by atoms with Crippen molar-refractivity contribution < 1.29 is 29.8 Å². The molecule has 2 nitrogen and oxygen atoms in total. The summed E-state index contributed by atoms with van der Waals surface area (Å²) in [7, 11) is 0.135. The van der Waals surface area contributed by atoms with Crippen molar-refractivity contribution in [1.29, 1.82) is 0 Å². The molecular formula is C23H32LiO2P. The molecule has 0 fully saturated rings. The Morgan fingerprint density at radius 2 is 1.63 bits per heavy atom. The molecule has 0 aliphatic carbocycles. The Balaban J connectivity index is 0.00000364. The van der Waals surface area contributed by atoms with Gasteiger partial charge in [-0.1, -0.05) is 52.0 Å². The normalized spacial score (nSPS) is 12.7. The van der Waals surface area contributed by atoms with Gasteiger partial charge in [-0.05, 0) is 75.3 Å². The number of benzene rings is 2. The number of hydrogen-bond acceptors (Lipinski definition) is 2. The van der Waals surface area contributed by atoms with E-state index in [1.54, 1.807) is 0 Å². The monoisotopic (exact) mass is 378 g/mol. The van der Waals surface area contributed by atoms with Gasteiger partial charge in [0, 0.05) is 5.56 Å². The zero-order valence-electron chi connectivity index (χ0n) is 19.1. The third-order valence-electron chi connectivity index (χ3n) is 4.67. The molecule has 0 saturated heterocycles. The zero-order valence-corrected chi connectivity index (χ0v) is 19.1. The molecule has 0 bridgehead atoms. The minimum absolute atomic E-state index is 0. The van der Waals surface area contributed by atoms with Gasteiger partial charge in [-0.15, -0.1) is 0 Å². The maximum atomic E-state index is 12.8. The van der Waals surface area contributed by atoms with Gasteiger partial charge < -0.3 is 6.16 Å². The van der Waals surface area contributed by atoms with Crippen molar-refractivity contribution in [2.24, 2.45) is 0 Å². The predicted molar refractivity (Wildman–Crippen MR) is 115 cm³/mol. The summed E-state index contributed by atoms with van der Waals surface area (Å²) in [4.78, 5) is 12.8. The van der Waals surface area contributed by atoms with Gasteiger partial charge in [0.1, 0.15) is 5.75 Å². The van der Waals surface area contributed by atoms with Crippen molar-refractivity contribution >= 4 is 19.4 Å². The van der Waals surface area contributed by atoms with Crippen LogP contribution in [0, 0.1) is 13.8 Å². The summed E-state index contributed by atoms with van der Waals surface area (Å²) in [6.07, 6.45) is 1.18. The predicted octanol–water partition coefficient (Wildman–Crippen LogP) is 3.04. The molecule has 27 heavy (non-hydrogen) atoms. The Hall–Kier alpha value is -1.06. The fraction of sp³-hybridized carbons (Fsp3) is 0.435. The van der Waals surface area contributed by atoms with Gasteiger partial charge in [0.05, 0.1) is 6.10 Å². The van der Waals surface area contributed by atoms with Crippen LogP contribution in [0.5, 0.6) is 5.75 Å². The zero-order chi connectivity index (χ0) is 19.5. The number of hydrogen-bond donors (Lipinski definition) is 0. The molecule has 0 aromatic heterocycles. The molecule has 2 aromatic rings. The average molecular weight is 378 g/mol. The molecule has 2 unspecified atom stereocenters. The van der Waals surface area contributed by atoms with Gasteiger partial charge in [0.25, 0.3) is 0 Å². The van der Waals surface area contributed by atoms with Crippen molar-refractivity contribution in [3.63, 3.8) is 0 Å². The number of carbonyl (C=O) groups excluding carboxylic acids is 1. The number of aryl methyl sites for hydroxylation is 2. The van der Waals surface area contributed by atoms with E-state index in [0.29, 0.717) is 0 Å². The fourth-order valence-corrected chi connectivity index (χ4v) is 3.89. The largest absolute Gasteiger partial charge is 1.00 e. The van der Waals surface area contributed by atoms with Crippen LogP contribution in [0.1, 0.15) is 69.5 Å². The van der Waals surface area contributed by atoms with E-state index < -0.39 is 0 Å². The molecule has 0 heterocycles. The molecule has 0 amide bonds. The maximum absolute atomic E-state index is 12.8. The summed E-state index contributed by atoms with van der Waals surface area (Å²) < 4.78 is 5.93. The summed E-state index contributed by atoms with van der Waals surface area (Å²) in [6, 6.07) is 12.2. The summed E-state index contributed by atoms with van der Waals surface area (Å²) >= 11 is 0. The van der Waals surface area contributed by atoms with Crippen LogP contribution in [0.15, 0.2) is 36.4 Å². The Labute approximate surface area is 179 Å². The van der Waals surface area contributed by atoms with Crippen LogP contribution in [-0.2, 0) is 5.41 Å². The molecule has 0 N–H and O–H groups in total. The van der Waals surface area contributed by atoms with E-state index in [0.717, 1.165) is 34.2 Å². The molecule has 2 atom stereocenters. The van der Waals surface area contributed by atoms with Gasteiger partial charge in [-0.25, -0.2) is 0 Å². The SMILES string of the molecule is CCC(C)Oc1cc(C)c(PC(=O)c2ccc(C(C)(C)C)cc2)c(C)c1.[H-].[Li+]. The Morgan fingerprint density at radius 3 is 2.07 bits per heavy atom. The van der Waals surface area contributed by atoms with Gasteiger partial charge in [0.15, 0.2) is 5.52 Å². The van der Waals surface area contributed by atoms with Crippen LogP contribution in [0.4, 0.5) is 0 Å². The standard InChI is InChI=1S/C23H31O2P.Li.H/c1-8-17(4)25-20-13-15(2)21(16(3)14-20)26-22(24)18-9-11-19(12-10-18)23(5,6)7;;/h9-14,17,26H,8H2,1-7H3;;/q;+1;-1. The van der Waals surface area contributed by atoms with Crippen LogP contribution in [0.25, 0.3) is 0 Å². The summed E-state index contributed by atoms with van der Waals surface area (Å²) in [5.74, 6) is 0.893. The van der Waals surface area contributed by atoms with Crippen LogP contribution < -0.4 is 28.9 Å². The van der Waals surface area contributed by atoms with Gasteiger partial charge in [-0.3, -0.25) is 4.79 Å². The van der Waals surface area contributed by atoms with Crippen molar-refractivity contribution in [3.8, 4) is 5.75 Å². The molecule has 4 heteroatoms.